The number of carbonyl (C=O) groups excluding carboxylic acids is 2. The molecule has 27 heavy (non-hydrogen) atoms. The van der Waals surface area contributed by atoms with Gasteiger partial charge in [-0.15, -0.1) is 0 Å². The number of rotatable bonds is 7. The molecule has 0 aromatic heterocycles. The summed E-state index contributed by atoms with van der Waals surface area (Å²) in [6.07, 6.45) is 1.65. The lowest BCUT2D eigenvalue weighted by molar-refractivity contribution is -0.125. The quantitative estimate of drug-likeness (QED) is 0.681. The summed E-state index contributed by atoms with van der Waals surface area (Å²) in [5, 5.41) is 5.87. The third kappa shape index (κ3) is 5.94. The second-order valence-electron chi connectivity index (χ2n) is 6.93. The van der Waals surface area contributed by atoms with Gasteiger partial charge < -0.3 is 26.0 Å². The third-order valence-electron chi connectivity index (χ3n) is 5.15. The van der Waals surface area contributed by atoms with Crippen molar-refractivity contribution in [3.05, 3.63) is 29.8 Å². The van der Waals surface area contributed by atoms with E-state index in [1.165, 1.54) is 0 Å². The van der Waals surface area contributed by atoms with Crippen LogP contribution in [0.2, 0.25) is 0 Å². The van der Waals surface area contributed by atoms with Gasteiger partial charge in [-0.25, -0.2) is 4.79 Å². The molecule has 0 spiro atoms. The summed E-state index contributed by atoms with van der Waals surface area (Å²) in [5.74, 6) is 0.0388. The van der Waals surface area contributed by atoms with Crippen molar-refractivity contribution in [2.75, 3.05) is 31.6 Å². The predicted molar refractivity (Wildman–Crippen MR) is 106 cm³/mol. The average Bonchev–Trinajstić information content (AvgIpc) is 2.69. The molecule has 1 aromatic carbocycles. The molecule has 2 unspecified atom stereocenters. The molecule has 0 aliphatic carbocycles. The lowest BCUT2D eigenvalue weighted by Crippen LogP contribution is -2.47. The first-order valence-electron chi connectivity index (χ1n) is 9.75. The van der Waals surface area contributed by atoms with Crippen LogP contribution in [0.1, 0.15) is 45.2 Å². The number of urea groups is 1. The van der Waals surface area contributed by atoms with E-state index in [4.69, 9.17) is 10.5 Å². The fourth-order valence-electron chi connectivity index (χ4n) is 3.25. The first-order chi connectivity index (χ1) is 13.0. The molecule has 1 aliphatic rings. The molecule has 2 rings (SSSR count). The Bertz CT molecular complexity index is 610. The molecule has 1 saturated heterocycles. The van der Waals surface area contributed by atoms with E-state index in [1.54, 1.807) is 4.90 Å². The molecule has 1 aliphatic heterocycles. The molecule has 3 amide bonds. The summed E-state index contributed by atoms with van der Waals surface area (Å²) in [5.41, 5.74) is 7.82. The van der Waals surface area contributed by atoms with Crippen molar-refractivity contribution in [3.8, 4) is 0 Å². The molecule has 7 nitrogen and oxygen atoms in total. The summed E-state index contributed by atoms with van der Waals surface area (Å²) in [6, 6.07) is 6.72. The normalized spacial score (nSPS) is 17.0. The van der Waals surface area contributed by atoms with Crippen LogP contribution in [-0.2, 0) is 9.53 Å². The number of nitrogens with one attached hydrogen (secondary N) is 2. The van der Waals surface area contributed by atoms with Crippen LogP contribution in [0, 0.1) is 5.92 Å². The predicted octanol–water partition coefficient (Wildman–Crippen LogP) is 2.49. The number of carbonyl (C=O) groups is 2. The zero-order chi connectivity index (χ0) is 19.8. The number of anilines is 1. The van der Waals surface area contributed by atoms with Crippen molar-refractivity contribution >= 4 is 17.6 Å². The first-order valence-corrected chi connectivity index (χ1v) is 9.75. The van der Waals surface area contributed by atoms with Crippen LogP contribution in [-0.4, -0.2) is 49.2 Å². The van der Waals surface area contributed by atoms with Gasteiger partial charge in [0.15, 0.2) is 0 Å². The Morgan fingerprint density at radius 1 is 1.19 bits per heavy atom. The fraction of sp³-hybridized carbons (Fsp3) is 0.600. The highest BCUT2D eigenvalue weighted by atomic mass is 16.5. The summed E-state index contributed by atoms with van der Waals surface area (Å²) < 4.78 is 5.33. The van der Waals surface area contributed by atoms with Crippen molar-refractivity contribution in [2.24, 2.45) is 11.7 Å². The summed E-state index contributed by atoms with van der Waals surface area (Å²) in [4.78, 5) is 26.3. The van der Waals surface area contributed by atoms with Crippen LogP contribution in [0.4, 0.5) is 10.5 Å². The standard InChI is InChI=1S/C20H32N4O3/c1-4-24(5-2)20(26)23-17-8-6-15(7-9-17)14(3)22-19(25)18(21)16-10-12-27-13-11-16/h6-9,14,16,18H,4-5,10-13,21H2,1-3H3,(H,22,25)(H,23,26). The van der Waals surface area contributed by atoms with Gasteiger partial charge in [-0.05, 0) is 57.2 Å². The molecular formula is C20H32N4O3. The van der Waals surface area contributed by atoms with E-state index >= 15 is 0 Å². The highest BCUT2D eigenvalue weighted by molar-refractivity contribution is 5.89. The Kier molecular flexibility index (Phi) is 8.06. The van der Waals surface area contributed by atoms with E-state index in [-0.39, 0.29) is 23.9 Å². The lowest BCUT2D eigenvalue weighted by Gasteiger charge is -2.28. The van der Waals surface area contributed by atoms with Crippen molar-refractivity contribution in [1.29, 1.82) is 0 Å². The monoisotopic (exact) mass is 376 g/mol. The Morgan fingerprint density at radius 3 is 2.33 bits per heavy atom. The van der Waals surface area contributed by atoms with E-state index in [0.717, 1.165) is 24.1 Å². The SMILES string of the molecule is CCN(CC)C(=O)Nc1ccc(C(C)NC(=O)C(N)C2CCOCC2)cc1. The Hall–Kier alpha value is -2.12. The number of hydrogen-bond acceptors (Lipinski definition) is 4. The van der Waals surface area contributed by atoms with E-state index in [9.17, 15) is 9.59 Å². The molecule has 2 atom stereocenters. The Morgan fingerprint density at radius 2 is 1.78 bits per heavy atom. The first kappa shape index (κ1) is 21.2. The van der Waals surface area contributed by atoms with Gasteiger partial charge in [-0.1, -0.05) is 12.1 Å². The van der Waals surface area contributed by atoms with E-state index in [1.807, 2.05) is 45.0 Å². The minimum Gasteiger partial charge on any atom is -0.381 e. The van der Waals surface area contributed by atoms with Gasteiger partial charge in [0.25, 0.3) is 0 Å². The van der Waals surface area contributed by atoms with Crippen LogP contribution in [0.3, 0.4) is 0 Å². The summed E-state index contributed by atoms with van der Waals surface area (Å²) in [7, 11) is 0. The maximum Gasteiger partial charge on any atom is 0.321 e. The van der Waals surface area contributed by atoms with Crippen molar-refractivity contribution in [2.45, 2.75) is 45.7 Å². The van der Waals surface area contributed by atoms with Gasteiger partial charge in [0.1, 0.15) is 0 Å². The molecule has 0 saturated carbocycles. The van der Waals surface area contributed by atoms with Gasteiger partial charge >= 0.3 is 6.03 Å². The van der Waals surface area contributed by atoms with Crippen LogP contribution in [0.5, 0.6) is 0 Å². The van der Waals surface area contributed by atoms with Gasteiger partial charge in [-0.2, -0.15) is 0 Å². The van der Waals surface area contributed by atoms with Gasteiger partial charge in [0.2, 0.25) is 5.91 Å². The minimum absolute atomic E-state index is 0.114. The van der Waals surface area contributed by atoms with Crippen molar-refractivity contribution in [1.82, 2.24) is 10.2 Å². The summed E-state index contributed by atoms with van der Waals surface area (Å²) >= 11 is 0. The zero-order valence-corrected chi connectivity index (χ0v) is 16.5. The van der Waals surface area contributed by atoms with Crippen molar-refractivity contribution < 1.29 is 14.3 Å². The Labute approximate surface area is 161 Å². The van der Waals surface area contributed by atoms with E-state index in [2.05, 4.69) is 10.6 Å². The maximum atomic E-state index is 12.4. The molecule has 1 aromatic rings. The maximum absolute atomic E-state index is 12.4. The number of nitrogens with zero attached hydrogens (tertiary/aromatic N) is 1. The lowest BCUT2D eigenvalue weighted by atomic mass is 9.91. The molecule has 0 radical (unpaired) electrons. The van der Waals surface area contributed by atoms with Gasteiger partial charge in [0, 0.05) is 32.0 Å². The number of hydrogen-bond donors (Lipinski definition) is 3. The van der Waals surface area contributed by atoms with Crippen LogP contribution >= 0.6 is 0 Å². The number of benzene rings is 1. The number of ether oxygens (including phenoxy) is 1. The topological polar surface area (TPSA) is 96.7 Å². The molecule has 7 heteroatoms. The molecule has 1 fully saturated rings. The number of amides is 3. The molecule has 4 N–H and O–H groups in total. The fourth-order valence-corrected chi connectivity index (χ4v) is 3.25. The molecule has 1 heterocycles. The second-order valence-corrected chi connectivity index (χ2v) is 6.93. The highest BCUT2D eigenvalue weighted by Crippen LogP contribution is 2.20. The number of nitrogens with two attached hydrogens (primary N) is 1. The van der Waals surface area contributed by atoms with E-state index < -0.39 is 6.04 Å². The van der Waals surface area contributed by atoms with Crippen molar-refractivity contribution in [3.63, 3.8) is 0 Å². The molecule has 0 bridgehead atoms. The summed E-state index contributed by atoms with van der Waals surface area (Å²) in [6.45, 7) is 8.48. The second kappa shape index (κ2) is 10.3. The van der Waals surface area contributed by atoms with Gasteiger partial charge in [0.05, 0.1) is 12.1 Å². The van der Waals surface area contributed by atoms with E-state index in [0.29, 0.717) is 26.3 Å². The molecule has 150 valence electrons. The van der Waals surface area contributed by atoms with Crippen LogP contribution in [0.15, 0.2) is 24.3 Å². The molecular weight excluding hydrogens is 344 g/mol. The smallest absolute Gasteiger partial charge is 0.321 e. The highest BCUT2D eigenvalue weighted by Gasteiger charge is 2.27. The van der Waals surface area contributed by atoms with Crippen LogP contribution < -0.4 is 16.4 Å². The zero-order valence-electron chi connectivity index (χ0n) is 16.5. The minimum atomic E-state index is -0.510. The Balaban J connectivity index is 1.89. The average molecular weight is 377 g/mol. The van der Waals surface area contributed by atoms with Crippen LogP contribution in [0.25, 0.3) is 0 Å². The largest absolute Gasteiger partial charge is 0.381 e. The third-order valence-corrected chi connectivity index (χ3v) is 5.15. The van der Waals surface area contributed by atoms with Gasteiger partial charge in [-0.3, -0.25) is 4.79 Å².